The van der Waals surface area contributed by atoms with E-state index in [1.807, 2.05) is 48.6 Å². The van der Waals surface area contributed by atoms with Crippen LogP contribution in [0.15, 0.2) is 16.9 Å². The number of hydrogen-bond acceptors (Lipinski definition) is 4. The molecule has 0 aromatic carbocycles. The molecule has 19 heavy (non-hydrogen) atoms. The number of ether oxygens (including phenoxy) is 1. The van der Waals surface area contributed by atoms with Gasteiger partial charge < -0.3 is 9.72 Å². The molecule has 0 amide bonds. The number of nitrogens with one attached hydrogen (secondary N) is 1. The third kappa shape index (κ3) is 3.19. The minimum absolute atomic E-state index is 0.148. The predicted octanol–water partition coefficient (Wildman–Crippen LogP) is 2.20. The first-order chi connectivity index (χ1) is 9.01. The molecule has 0 atom stereocenters. The van der Waals surface area contributed by atoms with Crippen LogP contribution in [0.3, 0.4) is 0 Å². The van der Waals surface area contributed by atoms with Gasteiger partial charge in [0.05, 0.1) is 12.3 Å². The Morgan fingerprint density at radius 2 is 1.89 bits per heavy atom. The normalized spacial score (nSPS) is 10.7. The third-order valence-corrected chi connectivity index (χ3v) is 3.68. The number of nitrogens with zero attached hydrogens (tertiary/aromatic N) is 2. The lowest BCUT2D eigenvalue weighted by Gasteiger charge is -2.07. The topological polar surface area (TPSA) is 67.9 Å². The molecule has 0 unspecified atom stereocenters. The van der Waals surface area contributed by atoms with Gasteiger partial charge in [-0.15, -0.1) is 0 Å². The first-order valence-corrected chi connectivity index (χ1v) is 6.82. The summed E-state index contributed by atoms with van der Waals surface area (Å²) in [6.45, 7) is 4.15. The van der Waals surface area contributed by atoms with Crippen LogP contribution in [-0.2, 0) is 11.3 Å². The predicted molar refractivity (Wildman–Crippen MR) is 81.0 cm³/mol. The molecule has 2 rings (SSSR count). The Morgan fingerprint density at radius 1 is 1.26 bits per heavy atom. The Labute approximate surface area is 124 Å². The largest absolute Gasteiger partial charge is 0.378 e. The van der Waals surface area contributed by atoms with Gasteiger partial charge in [0.15, 0.2) is 0 Å². The van der Waals surface area contributed by atoms with Crippen LogP contribution < -0.4 is 5.56 Å². The quantitative estimate of drug-likeness (QED) is 0.841. The zero-order valence-corrected chi connectivity index (χ0v) is 13.1. The lowest BCUT2D eigenvalue weighted by atomic mass is 10.2. The molecule has 100 valence electrons. The van der Waals surface area contributed by atoms with Gasteiger partial charge in [0.25, 0.3) is 5.56 Å². The zero-order chi connectivity index (χ0) is 14.0. The highest BCUT2D eigenvalue weighted by Gasteiger charge is 2.10. The van der Waals surface area contributed by atoms with Gasteiger partial charge in [0.2, 0.25) is 0 Å². The van der Waals surface area contributed by atoms with Crippen molar-refractivity contribution in [1.82, 2.24) is 15.0 Å². The van der Waals surface area contributed by atoms with Crippen LogP contribution in [0.4, 0.5) is 0 Å². The van der Waals surface area contributed by atoms with Gasteiger partial charge in [-0.2, -0.15) is 0 Å². The van der Waals surface area contributed by atoms with Gasteiger partial charge in [-0.1, -0.05) is 0 Å². The molecule has 2 heterocycles. The fraction of sp³-hybridized carbons (Fsp3) is 0.308. The summed E-state index contributed by atoms with van der Waals surface area (Å²) in [5, 5.41) is 0. The molecule has 0 aliphatic heterocycles. The maximum Gasteiger partial charge on any atom is 0.264 e. The second-order valence-corrected chi connectivity index (χ2v) is 5.33. The Morgan fingerprint density at radius 3 is 2.47 bits per heavy atom. The first-order valence-electron chi connectivity index (χ1n) is 5.74. The molecule has 0 bridgehead atoms. The van der Waals surface area contributed by atoms with Crippen molar-refractivity contribution in [3.05, 3.63) is 43.1 Å². The van der Waals surface area contributed by atoms with Gasteiger partial charge in [-0.3, -0.25) is 9.78 Å². The van der Waals surface area contributed by atoms with Crippen LogP contribution in [-0.4, -0.2) is 22.1 Å². The van der Waals surface area contributed by atoms with Crippen LogP contribution in [0, 0.1) is 17.4 Å². The number of rotatable bonds is 3. The molecule has 0 saturated heterocycles. The van der Waals surface area contributed by atoms with E-state index in [0.717, 1.165) is 17.0 Å². The van der Waals surface area contributed by atoms with E-state index in [1.54, 1.807) is 7.11 Å². The Hall–Kier alpha value is -1.28. The lowest BCUT2D eigenvalue weighted by Crippen LogP contribution is -2.17. The van der Waals surface area contributed by atoms with Crippen molar-refractivity contribution in [2.75, 3.05) is 7.11 Å². The summed E-state index contributed by atoms with van der Waals surface area (Å²) >= 11 is 1.98. The number of hydrogen-bond donors (Lipinski definition) is 1. The molecule has 2 aromatic rings. The van der Waals surface area contributed by atoms with Crippen molar-refractivity contribution in [2.45, 2.75) is 20.5 Å². The Kier molecular flexibility index (Phi) is 4.31. The fourth-order valence-corrected chi connectivity index (χ4v) is 2.26. The number of pyridine rings is 1. The van der Waals surface area contributed by atoms with Crippen LogP contribution in [0.25, 0.3) is 11.4 Å². The summed E-state index contributed by atoms with van der Waals surface area (Å²) < 4.78 is 5.63. The van der Waals surface area contributed by atoms with Crippen molar-refractivity contribution in [1.29, 1.82) is 0 Å². The van der Waals surface area contributed by atoms with E-state index in [0.29, 0.717) is 21.7 Å². The first kappa shape index (κ1) is 14.1. The number of aryl methyl sites for hydroxylation is 2. The molecular formula is C13H14IN3O2. The smallest absolute Gasteiger partial charge is 0.264 e. The van der Waals surface area contributed by atoms with Crippen molar-refractivity contribution in [3.8, 4) is 11.4 Å². The Balaban J connectivity index is 2.59. The summed E-state index contributed by atoms with van der Waals surface area (Å²) in [6, 6.07) is 3.80. The molecule has 1 N–H and O–H groups in total. The van der Waals surface area contributed by atoms with Crippen molar-refractivity contribution >= 4 is 22.6 Å². The molecule has 0 saturated carbocycles. The van der Waals surface area contributed by atoms with Crippen LogP contribution >= 0.6 is 22.6 Å². The van der Waals surface area contributed by atoms with E-state index in [1.165, 1.54) is 0 Å². The second kappa shape index (κ2) is 5.79. The average Bonchev–Trinajstić information content (AvgIpc) is 2.33. The van der Waals surface area contributed by atoms with E-state index in [9.17, 15) is 4.79 Å². The highest BCUT2D eigenvalue weighted by atomic mass is 127. The van der Waals surface area contributed by atoms with Crippen LogP contribution in [0.1, 0.15) is 17.1 Å². The standard InChI is InChI=1S/C13H14IN3O2/c1-7-4-9(5-8(2)15-7)12-16-10(6-19-3)11(14)13(18)17-12/h4-5H,6H2,1-3H3,(H,16,17,18). The van der Waals surface area contributed by atoms with Crippen molar-refractivity contribution < 1.29 is 4.74 Å². The van der Waals surface area contributed by atoms with E-state index < -0.39 is 0 Å². The zero-order valence-electron chi connectivity index (χ0n) is 11.0. The Bertz CT molecular complexity index is 647. The van der Waals surface area contributed by atoms with Crippen LogP contribution in [0.5, 0.6) is 0 Å². The maximum absolute atomic E-state index is 11.9. The summed E-state index contributed by atoms with van der Waals surface area (Å²) in [5.41, 5.74) is 3.14. The summed E-state index contributed by atoms with van der Waals surface area (Å²) in [7, 11) is 1.58. The molecule has 0 fully saturated rings. The maximum atomic E-state index is 11.9. The van der Waals surface area contributed by atoms with E-state index in [4.69, 9.17) is 4.74 Å². The molecule has 0 aliphatic carbocycles. The lowest BCUT2D eigenvalue weighted by molar-refractivity contribution is 0.180. The minimum atomic E-state index is -0.148. The van der Waals surface area contributed by atoms with Gasteiger partial charge in [-0.25, -0.2) is 4.98 Å². The molecule has 0 spiro atoms. The molecular weight excluding hydrogens is 357 g/mol. The summed E-state index contributed by atoms with van der Waals surface area (Å²) in [5.74, 6) is 0.547. The van der Waals surface area contributed by atoms with Gasteiger partial charge in [-0.05, 0) is 48.6 Å². The summed E-state index contributed by atoms with van der Waals surface area (Å²) in [6.07, 6.45) is 0. The number of aromatic nitrogens is 3. The summed E-state index contributed by atoms with van der Waals surface area (Å²) in [4.78, 5) is 23.5. The second-order valence-electron chi connectivity index (χ2n) is 4.25. The average molecular weight is 371 g/mol. The number of H-pyrrole nitrogens is 1. The monoisotopic (exact) mass is 371 g/mol. The highest BCUT2D eigenvalue weighted by molar-refractivity contribution is 14.1. The number of aromatic amines is 1. The van der Waals surface area contributed by atoms with Crippen molar-refractivity contribution in [2.24, 2.45) is 0 Å². The number of methoxy groups -OCH3 is 1. The van der Waals surface area contributed by atoms with Gasteiger partial charge >= 0.3 is 0 Å². The van der Waals surface area contributed by atoms with E-state index >= 15 is 0 Å². The fourth-order valence-electron chi connectivity index (χ4n) is 1.85. The minimum Gasteiger partial charge on any atom is -0.378 e. The molecule has 2 aromatic heterocycles. The molecule has 0 aliphatic rings. The van der Waals surface area contributed by atoms with Crippen LogP contribution in [0.2, 0.25) is 0 Å². The van der Waals surface area contributed by atoms with Gasteiger partial charge in [0.1, 0.15) is 9.39 Å². The molecule has 5 nitrogen and oxygen atoms in total. The van der Waals surface area contributed by atoms with Gasteiger partial charge in [0, 0.05) is 24.1 Å². The number of halogens is 1. The van der Waals surface area contributed by atoms with Crippen molar-refractivity contribution in [3.63, 3.8) is 0 Å². The SMILES string of the molecule is COCc1nc(-c2cc(C)nc(C)c2)[nH]c(=O)c1I. The highest BCUT2D eigenvalue weighted by Crippen LogP contribution is 2.17. The van der Waals surface area contributed by atoms with E-state index in [-0.39, 0.29) is 5.56 Å². The third-order valence-electron chi connectivity index (χ3n) is 2.57. The molecule has 0 radical (unpaired) electrons. The molecule has 6 heteroatoms. The van der Waals surface area contributed by atoms with E-state index in [2.05, 4.69) is 15.0 Å².